The van der Waals surface area contributed by atoms with Crippen molar-refractivity contribution in [3.05, 3.63) is 0 Å². The first-order valence-electron chi connectivity index (χ1n) is 7.19. The van der Waals surface area contributed by atoms with Crippen LogP contribution in [-0.4, -0.2) is 0 Å². The van der Waals surface area contributed by atoms with Crippen molar-refractivity contribution in [2.24, 2.45) is 45.8 Å². The van der Waals surface area contributed by atoms with Crippen LogP contribution in [0.15, 0.2) is 0 Å². The van der Waals surface area contributed by atoms with E-state index in [1.807, 2.05) is 0 Å². The minimum absolute atomic E-state index is 0.873. The second-order valence-electron chi connectivity index (χ2n) is 8.39. The van der Waals surface area contributed by atoms with Gasteiger partial charge >= 0.3 is 0 Å². The quantitative estimate of drug-likeness (QED) is 0.561. The number of rotatable bonds is 0. The van der Waals surface area contributed by atoms with Crippen molar-refractivity contribution in [3.8, 4) is 0 Å². The molecular weight excluding hydrogens is 180 g/mol. The Hall–Kier alpha value is 0. The molecule has 8 atom stereocenters. The topological polar surface area (TPSA) is 0 Å². The fourth-order valence-corrected chi connectivity index (χ4v) is 8.59. The maximum atomic E-state index is 2.69. The Balaban J connectivity index is 1.66. The third-order valence-electron chi connectivity index (χ3n) is 8.78. The maximum absolute atomic E-state index is 2.69. The van der Waals surface area contributed by atoms with E-state index in [-0.39, 0.29) is 0 Å². The van der Waals surface area contributed by atoms with Crippen molar-refractivity contribution in [1.29, 1.82) is 0 Å². The highest BCUT2D eigenvalue weighted by molar-refractivity contribution is 5.34. The second-order valence-corrected chi connectivity index (χ2v) is 8.39. The molecule has 15 heavy (non-hydrogen) atoms. The molecule has 0 aliphatic heterocycles. The Morgan fingerprint density at radius 1 is 1.00 bits per heavy atom. The van der Waals surface area contributed by atoms with E-state index in [1.54, 1.807) is 38.5 Å². The summed E-state index contributed by atoms with van der Waals surface area (Å²) in [6.07, 6.45) is 9.99. The highest BCUT2D eigenvalue weighted by Crippen LogP contribution is 2.93. The molecule has 0 saturated heterocycles. The van der Waals surface area contributed by atoms with E-state index < -0.39 is 0 Å². The molecule has 0 N–H and O–H groups in total. The lowest BCUT2D eigenvalue weighted by Gasteiger charge is -2.82. The normalized spacial score (nSPS) is 84.2. The highest BCUT2D eigenvalue weighted by Gasteiger charge is 2.86. The Morgan fingerprint density at radius 3 is 2.73 bits per heavy atom. The van der Waals surface area contributed by atoms with E-state index in [9.17, 15) is 0 Å². The van der Waals surface area contributed by atoms with Crippen LogP contribution in [0.1, 0.15) is 45.4 Å². The van der Waals surface area contributed by atoms with Gasteiger partial charge in [-0.05, 0) is 84.4 Å². The molecule has 2 spiro atoms. The van der Waals surface area contributed by atoms with Gasteiger partial charge in [0, 0.05) is 0 Å². The third-order valence-corrected chi connectivity index (χ3v) is 8.78. The predicted octanol–water partition coefficient (Wildman–Crippen LogP) is 3.47. The summed E-state index contributed by atoms with van der Waals surface area (Å²) in [7, 11) is 0. The van der Waals surface area contributed by atoms with E-state index in [4.69, 9.17) is 0 Å². The van der Waals surface area contributed by atoms with Gasteiger partial charge in [-0.15, -0.1) is 0 Å². The first-order valence-corrected chi connectivity index (χ1v) is 7.19. The van der Waals surface area contributed by atoms with E-state index in [0.29, 0.717) is 0 Å². The molecule has 8 unspecified atom stereocenters. The van der Waals surface area contributed by atoms with Crippen molar-refractivity contribution in [2.75, 3.05) is 0 Å². The average Bonchev–Trinajstić information content (AvgIpc) is 2.63. The molecule has 0 heterocycles. The van der Waals surface area contributed by atoms with Crippen molar-refractivity contribution < 1.29 is 0 Å². The van der Waals surface area contributed by atoms with Crippen LogP contribution in [0.3, 0.4) is 0 Å². The molecule has 0 aromatic rings. The SMILES string of the molecule is CC12C3CC1C14CC5CC(C1)(C5C4)C2C3. The molecule has 0 radical (unpaired) electrons. The Labute approximate surface area is 91.8 Å². The predicted molar refractivity (Wildman–Crippen MR) is 58.1 cm³/mol. The zero-order valence-electron chi connectivity index (χ0n) is 9.63. The minimum atomic E-state index is 0.873. The summed E-state index contributed by atoms with van der Waals surface area (Å²) in [5.74, 6) is 6.01. The van der Waals surface area contributed by atoms with Crippen LogP contribution < -0.4 is 0 Å². The molecule has 3 bridgehead atoms. The van der Waals surface area contributed by atoms with Gasteiger partial charge in [-0.1, -0.05) is 6.92 Å². The first-order chi connectivity index (χ1) is 7.19. The smallest absolute Gasteiger partial charge is 0.0224 e. The first kappa shape index (κ1) is 7.35. The molecule has 0 heteroatoms. The number of hydrogen-bond donors (Lipinski definition) is 0. The van der Waals surface area contributed by atoms with E-state index >= 15 is 0 Å². The summed E-state index contributed by atoms with van der Waals surface area (Å²) >= 11 is 0. The molecule has 0 aromatic carbocycles. The highest BCUT2D eigenvalue weighted by atomic mass is 14.9. The van der Waals surface area contributed by atoms with Crippen LogP contribution in [0.4, 0.5) is 0 Å². The van der Waals surface area contributed by atoms with Crippen molar-refractivity contribution in [3.63, 3.8) is 0 Å². The van der Waals surface area contributed by atoms with Crippen molar-refractivity contribution in [2.45, 2.75) is 45.4 Å². The van der Waals surface area contributed by atoms with Crippen LogP contribution in [0.25, 0.3) is 0 Å². The standard InChI is InChI=1S/C15H20/c1-13-9-2-11(13)14-4-8-5-15(7-14,10(8)6-14)12(13)3-9/h8-12H,2-7H2,1H3. The third kappa shape index (κ3) is 0.423. The zero-order chi connectivity index (χ0) is 9.63. The lowest BCUT2D eigenvalue weighted by molar-refractivity contribution is -0.334. The van der Waals surface area contributed by atoms with E-state index in [0.717, 1.165) is 16.2 Å². The van der Waals surface area contributed by atoms with Crippen LogP contribution in [0.2, 0.25) is 0 Å². The average molecular weight is 200 g/mol. The zero-order valence-corrected chi connectivity index (χ0v) is 9.63. The Morgan fingerprint density at radius 2 is 1.87 bits per heavy atom. The van der Waals surface area contributed by atoms with Crippen LogP contribution >= 0.6 is 0 Å². The van der Waals surface area contributed by atoms with Gasteiger partial charge in [0.05, 0.1) is 0 Å². The summed E-state index contributed by atoms with van der Waals surface area (Å²) in [6, 6.07) is 0. The Kier molecular flexibility index (Phi) is 0.762. The second kappa shape index (κ2) is 1.56. The maximum Gasteiger partial charge on any atom is -0.0224 e. The molecule has 6 aliphatic rings. The summed E-state index contributed by atoms with van der Waals surface area (Å²) in [5.41, 5.74) is 2.72. The van der Waals surface area contributed by atoms with Crippen LogP contribution in [0.5, 0.6) is 0 Å². The molecule has 6 aliphatic carbocycles. The monoisotopic (exact) mass is 200 g/mol. The summed E-state index contributed by atoms with van der Waals surface area (Å²) in [4.78, 5) is 0. The fraction of sp³-hybridized carbons (Fsp3) is 1.00. The molecule has 6 fully saturated rings. The van der Waals surface area contributed by atoms with Gasteiger partial charge in [0.2, 0.25) is 0 Å². The summed E-state index contributed by atoms with van der Waals surface area (Å²) in [5, 5.41) is 0. The van der Waals surface area contributed by atoms with Crippen LogP contribution in [0, 0.1) is 45.8 Å². The lowest BCUT2D eigenvalue weighted by atomic mass is 9.23. The van der Waals surface area contributed by atoms with Crippen molar-refractivity contribution in [1.82, 2.24) is 0 Å². The van der Waals surface area contributed by atoms with Gasteiger partial charge in [0.15, 0.2) is 0 Å². The molecule has 80 valence electrons. The molecule has 0 aromatic heterocycles. The van der Waals surface area contributed by atoms with Gasteiger partial charge in [-0.2, -0.15) is 0 Å². The lowest BCUT2D eigenvalue weighted by Crippen LogP contribution is -2.75. The summed E-state index contributed by atoms with van der Waals surface area (Å²) < 4.78 is 0. The molecule has 0 amide bonds. The van der Waals surface area contributed by atoms with Gasteiger partial charge in [0.1, 0.15) is 0 Å². The Bertz CT molecular complexity index is 396. The van der Waals surface area contributed by atoms with Crippen molar-refractivity contribution >= 4 is 0 Å². The van der Waals surface area contributed by atoms with E-state index in [1.165, 1.54) is 29.6 Å². The fourth-order valence-electron chi connectivity index (χ4n) is 8.59. The molecular formula is C15H20. The van der Waals surface area contributed by atoms with Crippen LogP contribution in [-0.2, 0) is 0 Å². The minimum Gasteiger partial charge on any atom is -0.0588 e. The van der Waals surface area contributed by atoms with Gasteiger partial charge in [-0.25, -0.2) is 0 Å². The molecule has 6 saturated carbocycles. The van der Waals surface area contributed by atoms with Gasteiger partial charge < -0.3 is 0 Å². The molecule has 0 nitrogen and oxygen atoms in total. The molecule has 6 rings (SSSR count). The van der Waals surface area contributed by atoms with E-state index in [2.05, 4.69) is 6.92 Å². The largest absolute Gasteiger partial charge is 0.0588 e. The number of hydrogen-bond acceptors (Lipinski definition) is 0. The summed E-state index contributed by atoms with van der Waals surface area (Å²) in [6.45, 7) is 2.69. The van der Waals surface area contributed by atoms with Gasteiger partial charge in [0.25, 0.3) is 0 Å². The van der Waals surface area contributed by atoms with Gasteiger partial charge in [-0.3, -0.25) is 0 Å².